The maximum absolute atomic E-state index is 8.87. The minimum atomic E-state index is 0.00547. The summed E-state index contributed by atoms with van der Waals surface area (Å²) in [5, 5.41) is 8.87. The van der Waals surface area contributed by atoms with E-state index in [9.17, 15) is 0 Å². The van der Waals surface area contributed by atoms with E-state index in [1.165, 1.54) is 0 Å². The largest absolute Gasteiger partial charge is 0.376 e. The molecule has 0 spiro atoms. The quantitative estimate of drug-likeness (QED) is 0.714. The highest BCUT2D eigenvalue weighted by molar-refractivity contribution is 4.88. The van der Waals surface area contributed by atoms with Crippen LogP contribution in [0.5, 0.6) is 0 Å². The molecule has 1 heterocycles. The van der Waals surface area contributed by atoms with Gasteiger partial charge in [0.2, 0.25) is 0 Å². The zero-order valence-electron chi connectivity index (χ0n) is 10.4. The molecule has 0 aromatic rings. The van der Waals surface area contributed by atoms with Crippen molar-refractivity contribution in [2.75, 3.05) is 6.61 Å². The lowest BCUT2D eigenvalue weighted by molar-refractivity contribution is -0.0857. The van der Waals surface area contributed by atoms with Gasteiger partial charge >= 0.3 is 0 Å². The van der Waals surface area contributed by atoms with Gasteiger partial charge in [0.25, 0.3) is 0 Å². The van der Waals surface area contributed by atoms with Gasteiger partial charge < -0.3 is 4.74 Å². The first-order valence-corrected chi connectivity index (χ1v) is 5.97. The molecule has 2 atom stereocenters. The predicted molar refractivity (Wildman–Crippen MR) is 61.3 cm³/mol. The molecule has 1 saturated heterocycles. The summed E-state index contributed by atoms with van der Waals surface area (Å²) in [6, 6.07) is 2.33. The van der Waals surface area contributed by atoms with Crippen molar-refractivity contribution in [1.82, 2.24) is 0 Å². The van der Waals surface area contributed by atoms with Gasteiger partial charge in [0, 0.05) is 13.0 Å². The number of ether oxygens (including phenoxy) is 1. The van der Waals surface area contributed by atoms with Crippen LogP contribution in [0.1, 0.15) is 47.0 Å². The molecule has 0 aromatic carbocycles. The lowest BCUT2D eigenvalue weighted by Crippen LogP contribution is -2.38. The summed E-state index contributed by atoms with van der Waals surface area (Å²) in [7, 11) is 0. The second kappa shape index (κ2) is 4.99. The Balaban J connectivity index is 2.64. The second-order valence-corrected chi connectivity index (χ2v) is 5.63. The molecule has 1 aliphatic rings. The zero-order chi connectivity index (χ0) is 11.5. The summed E-state index contributed by atoms with van der Waals surface area (Å²) in [5.74, 6) is 1.80. The Morgan fingerprint density at radius 3 is 2.60 bits per heavy atom. The Bertz CT molecular complexity index is 239. The zero-order valence-corrected chi connectivity index (χ0v) is 10.4. The van der Waals surface area contributed by atoms with Gasteiger partial charge in [-0.25, -0.2) is 0 Å². The van der Waals surface area contributed by atoms with Crippen molar-refractivity contribution in [3.8, 4) is 6.07 Å². The SMILES string of the molecule is CC(C)[C@H](CC#N)[C@@H]1CCOC(C)(C)C1. The van der Waals surface area contributed by atoms with Crippen LogP contribution in [0, 0.1) is 29.1 Å². The van der Waals surface area contributed by atoms with Crippen LogP contribution in [-0.2, 0) is 4.74 Å². The third-order valence-electron chi connectivity index (χ3n) is 3.52. The van der Waals surface area contributed by atoms with Crippen LogP contribution in [0.3, 0.4) is 0 Å². The number of nitrogens with zero attached hydrogens (tertiary/aromatic N) is 1. The van der Waals surface area contributed by atoms with Gasteiger partial charge in [-0.15, -0.1) is 0 Å². The van der Waals surface area contributed by atoms with E-state index < -0.39 is 0 Å². The van der Waals surface area contributed by atoms with E-state index in [2.05, 4.69) is 33.8 Å². The average Bonchev–Trinajstić information content (AvgIpc) is 2.11. The van der Waals surface area contributed by atoms with Crippen molar-refractivity contribution < 1.29 is 4.74 Å². The first kappa shape index (κ1) is 12.5. The summed E-state index contributed by atoms with van der Waals surface area (Å²) in [6.07, 6.45) is 2.91. The van der Waals surface area contributed by atoms with Gasteiger partial charge in [0.15, 0.2) is 0 Å². The van der Waals surface area contributed by atoms with Crippen molar-refractivity contribution in [1.29, 1.82) is 5.26 Å². The summed E-state index contributed by atoms with van der Waals surface area (Å²) in [4.78, 5) is 0. The Hall–Kier alpha value is -0.550. The van der Waals surface area contributed by atoms with Crippen LogP contribution in [0.2, 0.25) is 0 Å². The monoisotopic (exact) mass is 209 g/mol. The highest BCUT2D eigenvalue weighted by Crippen LogP contribution is 2.37. The molecule has 1 fully saturated rings. The van der Waals surface area contributed by atoms with E-state index in [0.717, 1.165) is 19.4 Å². The smallest absolute Gasteiger partial charge is 0.0629 e. The molecule has 2 nitrogen and oxygen atoms in total. The summed E-state index contributed by atoms with van der Waals surface area (Å²) < 4.78 is 5.72. The van der Waals surface area contributed by atoms with Crippen molar-refractivity contribution in [2.45, 2.75) is 52.6 Å². The molecule has 1 rings (SSSR count). The standard InChI is InChI=1S/C13H23NO/c1-10(2)12(5-7-14)11-6-8-15-13(3,4)9-11/h10-12H,5-6,8-9H2,1-4H3/t11-,12+/m1/s1. The summed E-state index contributed by atoms with van der Waals surface area (Å²) >= 11 is 0. The van der Waals surface area contributed by atoms with Gasteiger partial charge in [-0.3, -0.25) is 0 Å². The highest BCUT2D eigenvalue weighted by atomic mass is 16.5. The molecular weight excluding hydrogens is 186 g/mol. The molecule has 1 aliphatic heterocycles. The molecule has 0 bridgehead atoms. The third-order valence-corrected chi connectivity index (χ3v) is 3.52. The maximum Gasteiger partial charge on any atom is 0.0629 e. The molecule has 0 saturated carbocycles. The van der Waals surface area contributed by atoms with Crippen LogP contribution in [-0.4, -0.2) is 12.2 Å². The van der Waals surface area contributed by atoms with Gasteiger partial charge in [-0.1, -0.05) is 13.8 Å². The molecule has 0 aliphatic carbocycles. The van der Waals surface area contributed by atoms with E-state index >= 15 is 0 Å². The van der Waals surface area contributed by atoms with E-state index in [4.69, 9.17) is 10.00 Å². The molecule has 0 amide bonds. The molecule has 2 heteroatoms. The number of nitriles is 1. The first-order chi connectivity index (χ1) is 6.96. The topological polar surface area (TPSA) is 33.0 Å². The molecule has 0 N–H and O–H groups in total. The number of hydrogen-bond acceptors (Lipinski definition) is 2. The summed E-state index contributed by atoms with van der Waals surface area (Å²) in [5.41, 5.74) is 0.00547. The van der Waals surface area contributed by atoms with E-state index in [-0.39, 0.29) is 5.60 Å². The molecule has 15 heavy (non-hydrogen) atoms. The van der Waals surface area contributed by atoms with Crippen LogP contribution in [0.25, 0.3) is 0 Å². The Morgan fingerprint density at radius 1 is 1.47 bits per heavy atom. The molecular formula is C13H23NO. The van der Waals surface area contributed by atoms with Gasteiger partial charge in [-0.2, -0.15) is 5.26 Å². The number of rotatable bonds is 3. The Kier molecular flexibility index (Phi) is 4.16. The fraction of sp³-hybridized carbons (Fsp3) is 0.923. The molecule has 0 radical (unpaired) electrons. The normalized spacial score (nSPS) is 27.3. The lowest BCUT2D eigenvalue weighted by Gasteiger charge is -2.40. The minimum Gasteiger partial charge on any atom is -0.376 e. The average molecular weight is 209 g/mol. The van der Waals surface area contributed by atoms with Gasteiger partial charge in [0.1, 0.15) is 0 Å². The van der Waals surface area contributed by atoms with Crippen LogP contribution < -0.4 is 0 Å². The fourth-order valence-corrected chi connectivity index (χ4v) is 2.70. The predicted octanol–water partition coefficient (Wildman–Crippen LogP) is 3.38. The first-order valence-electron chi connectivity index (χ1n) is 5.97. The van der Waals surface area contributed by atoms with Crippen LogP contribution >= 0.6 is 0 Å². The van der Waals surface area contributed by atoms with Crippen LogP contribution in [0.15, 0.2) is 0 Å². The molecule has 86 valence electrons. The molecule has 0 unspecified atom stereocenters. The van der Waals surface area contributed by atoms with Crippen LogP contribution in [0.4, 0.5) is 0 Å². The Morgan fingerprint density at radius 2 is 2.13 bits per heavy atom. The van der Waals surface area contributed by atoms with Crippen molar-refractivity contribution in [3.05, 3.63) is 0 Å². The lowest BCUT2D eigenvalue weighted by atomic mass is 9.74. The van der Waals surface area contributed by atoms with E-state index in [1.54, 1.807) is 0 Å². The second-order valence-electron chi connectivity index (χ2n) is 5.63. The Labute approximate surface area is 93.6 Å². The maximum atomic E-state index is 8.87. The highest BCUT2D eigenvalue weighted by Gasteiger charge is 2.34. The van der Waals surface area contributed by atoms with Crippen molar-refractivity contribution >= 4 is 0 Å². The van der Waals surface area contributed by atoms with Crippen molar-refractivity contribution in [2.24, 2.45) is 17.8 Å². The van der Waals surface area contributed by atoms with Crippen molar-refractivity contribution in [3.63, 3.8) is 0 Å². The van der Waals surface area contributed by atoms with E-state index in [1.807, 2.05) is 0 Å². The minimum absolute atomic E-state index is 0.00547. The fourth-order valence-electron chi connectivity index (χ4n) is 2.70. The third kappa shape index (κ3) is 3.50. The summed E-state index contributed by atoms with van der Waals surface area (Å²) in [6.45, 7) is 9.62. The van der Waals surface area contributed by atoms with E-state index in [0.29, 0.717) is 24.2 Å². The number of hydrogen-bond donors (Lipinski definition) is 0. The molecule has 0 aromatic heterocycles. The van der Waals surface area contributed by atoms with Gasteiger partial charge in [-0.05, 0) is 44.4 Å². The van der Waals surface area contributed by atoms with Gasteiger partial charge in [0.05, 0.1) is 11.7 Å².